The van der Waals surface area contributed by atoms with E-state index in [0.717, 1.165) is 15.6 Å². The maximum absolute atomic E-state index is 13.0. The van der Waals surface area contributed by atoms with Crippen molar-refractivity contribution in [3.63, 3.8) is 0 Å². The molecule has 3 aromatic rings. The molecule has 0 aromatic heterocycles. The van der Waals surface area contributed by atoms with Crippen LogP contribution in [0.5, 0.6) is 0 Å². The molecule has 1 amide bonds. The SMILES string of the molecule is O=C1C(=O)N(CCc2ccccc2)[C@@H](c2ccc(Br)cc2)C1=C(O)c1ccccc1. The van der Waals surface area contributed by atoms with Gasteiger partial charge in [-0.3, -0.25) is 9.59 Å². The lowest BCUT2D eigenvalue weighted by atomic mass is 9.95. The van der Waals surface area contributed by atoms with Crippen LogP contribution in [0.4, 0.5) is 0 Å². The summed E-state index contributed by atoms with van der Waals surface area (Å²) in [5.74, 6) is -1.39. The fourth-order valence-electron chi connectivity index (χ4n) is 3.75. The Morgan fingerprint density at radius 1 is 0.867 bits per heavy atom. The summed E-state index contributed by atoms with van der Waals surface area (Å²) < 4.78 is 0.899. The van der Waals surface area contributed by atoms with E-state index in [1.807, 2.05) is 60.7 Å². The van der Waals surface area contributed by atoms with Crippen molar-refractivity contribution in [1.82, 2.24) is 4.90 Å². The minimum absolute atomic E-state index is 0.126. The van der Waals surface area contributed by atoms with Gasteiger partial charge in [-0.15, -0.1) is 0 Å². The number of ketones is 1. The summed E-state index contributed by atoms with van der Waals surface area (Å²) in [4.78, 5) is 27.5. The highest BCUT2D eigenvalue weighted by Gasteiger charge is 2.45. The Hall–Kier alpha value is -3.18. The van der Waals surface area contributed by atoms with Crippen molar-refractivity contribution in [2.75, 3.05) is 6.54 Å². The first-order valence-electron chi connectivity index (χ1n) is 9.69. The molecule has 0 spiro atoms. The fourth-order valence-corrected chi connectivity index (χ4v) is 4.01. The summed E-state index contributed by atoms with van der Waals surface area (Å²) in [6.45, 7) is 0.376. The largest absolute Gasteiger partial charge is 0.507 e. The van der Waals surface area contributed by atoms with Gasteiger partial charge in [-0.25, -0.2) is 0 Å². The number of halogens is 1. The van der Waals surface area contributed by atoms with Crippen LogP contribution in [-0.2, 0) is 16.0 Å². The third-order valence-electron chi connectivity index (χ3n) is 5.26. The van der Waals surface area contributed by atoms with Crippen molar-refractivity contribution in [1.29, 1.82) is 0 Å². The van der Waals surface area contributed by atoms with Crippen LogP contribution in [0.3, 0.4) is 0 Å². The standard InChI is InChI=1S/C25H20BrNO3/c26-20-13-11-18(12-14-20)22-21(23(28)19-9-5-2-6-10-19)24(29)25(30)27(22)16-15-17-7-3-1-4-8-17/h1-14,22,28H,15-16H2/t22-/m0/s1. The highest BCUT2D eigenvalue weighted by molar-refractivity contribution is 9.10. The molecular formula is C25H20BrNO3. The number of likely N-dealkylation sites (tertiary alicyclic amines) is 1. The van der Waals surface area contributed by atoms with E-state index in [-0.39, 0.29) is 11.3 Å². The van der Waals surface area contributed by atoms with E-state index in [1.165, 1.54) is 0 Å². The predicted octanol–water partition coefficient (Wildman–Crippen LogP) is 5.11. The Kier molecular flexibility index (Phi) is 5.81. The third kappa shape index (κ3) is 3.94. The average Bonchev–Trinajstić information content (AvgIpc) is 3.04. The molecule has 1 atom stereocenters. The molecule has 3 aromatic carbocycles. The van der Waals surface area contributed by atoms with Gasteiger partial charge in [0.05, 0.1) is 11.6 Å². The van der Waals surface area contributed by atoms with E-state index in [1.54, 1.807) is 29.2 Å². The molecule has 1 aliphatic rings. The number of amides is 1. The fraction of sp³-hybridized carbons (Fsp3) is 0.120. The number of Topliss-reactive ketones (excluding diaryl/α,β-unsaturated/α-hetero) is 1. The number of rotatable bonds is 5. The molecule has 0 radical (unpaired) electrons. The second kappa shape index (κ2) is 8.67. The van der Waals surface area contributed by atoms with Crippen LogP contribution in [-0.4, -0.2) is 28.2 Å². The first kappa shape index (κ1) is 20.1. The average molecular weight is 462 g/mol. The molecule has 5 heteroatoms. The molecule has 30 heavy (non-hydrogen) atoms. The summed E-state index contributed by atoms with van der Waals surface area (Å²) in [5.41, 5.74) is 2.50. The van der Waals surface area contributed by atoms with Crippen LogP contribution in [0.15, 0.2) is 95.0 Å². The summed E-state index contributed by atoms with van der Waals surface area (Å²) in [6.07, 6.45) is 0.617. The quantitative estimate of drug-likeness (QED) is 0.326. The van der Waals surface area contributed by atoms with Crippen molar-refractivity contribution in [3.05, 3.63) is 112 Å². The second-order valence-corrected chi connectivity index (χ2v) is 8.06. The third-order valence-corrected chi connectivity index (χ3v) is 5.79. The van der Waals surface area contributed by atoms with Crippen LogP contribution >= 0.6 is 15.9 Å². The van der Waals surface area contributed by atoms with Crippen molar-refractivity contribution in [2.24, 2.45) is 0 Å². The minimum Gasteiger partial charge on any atom is -0.507 e. The monoisotopic (exact) mass is 461 g/mol. The van der Waals surface area contributed by atoms with E-state index in [9.17, 15) is 14.7 Å². The second-order valence-electron chi connectivity index (χ2n) is 7.15. The Labute approximate surface area is 183 Å². The van der Waals surface area contributed by atoms with Gasteiger partial charge < -0.3 is 10.0 Å². The molecule has 1 N–H and O–H groups in total. The van der Waals surface area contributed by atoms with Crippen LogP contribution in [0.2, 0.25) is 0 Å². The normalized spacial score (nSPS) is 18.0. The molecule has 4 rings (SSSR count). The summed E-state index contributed by atoms with van der Waals surface area (Å²) in [6, 6.07) is 25.5. The summed E-state index contributed by atoms with van der Waals surface area (Å²) in [5, 5.41) is 11.0. The molecular weight excluding hydrogens is 442 g/mol. The zero-order valence-electron chi connectivity index (χ0n) is 16.2. The van der Waals surface area contributed by atoms with Crippen molar-refractivity contribution >= 4 is 33.4 Å². The van der Waals surface area contributed by atoms with Gasteiger partial charge in [-0.2, -0.15) is 0 Å². The zero-order valence-corrected chi connectivity index (χ0v) is 17.7. The highest BCUT2D eigenvalue weighted by atomic mass is 79.9. The van der Waals surface area contributed by atoms with Gasteiger partial charge in [0.25, 0.3) is 11.7 Å². The first-order valence-corrected chi connectivity index (χ1v) is 10.5. The van der Waals surface area contributed by atoms with Gasteiger partial charge >= 0.3 is 0 Å². The number of carbonyl (C=O) groups is 2. The number of aliphatic hydroxyl groups excluding tert-OH is 1. The number of hydrogen-bond acceptors (Lipinski definition) is 3. The lowest BCUT2D eigenvalue weighted by molar-refractivity contribution is -0.139. The molecule has 0 bridgehead atoms. The minimum atomic E-state index is -0.655. The Bertz CT molecular complexity index is 1090. The maximum Gasteiger partial charge on any atom is 0.295 e. The van der Waals surface area contributed by atoms with Gasteiger partial charge in [0.2, 0.25) is 0 Å². The number of hydrogen-bond donors (Lipinski definition) is 1. The van der Waals surface area contributed by atoms with Crippen molar-refractivity contribution in [2.45, 2.75) is 12.5 Å². The topological polar surface area (TPSA) is 57.6 Å². The van der Waals surface area contributed by atoms with Crippen LogP contribution in [0.25, 0.3) is 5.76 Å². The smallest absolute Gasteiger partial charge is 0.295 e. The van der Waals surface area contributed by atoms with Gasteiger partial charge in [-0.1, -0.05) is 88.7 Å². The first-order chi connectivity index (χ1) is 14.6. The van der Waals surface area contributed by atoms with Gasteiger partial charge in [0, 0.05) is 16.6 Å². The van der Waals surface area contributed by atoms with Gasteiger partial charge in [-0.05, 0) is 29.7 Å². The Morgan fingerprint density at radius 2 is 1.47 bits per heavy atom. The Balaban J connectivity index is 1.78. The summed E-state index contributed by atoms with van der Waals surface area (Å²) in [7, 11) is 0. The molecule has 4 nitrogen and oxygen atoms in total. The lowest BCUT2D eigenvalue weighted by Gasteiger charge is -2.25. The van der Waals surface area contributed by atoms with Crippen molar-refractivity contribution < 1.29 is 14.7 Å². The zero-order chi connectivity index (χ0) is 21.1. The van der Waals surface area contributed by atoms with E-state index in [2.05, 4.69) is 15.9 Å². The molecule has 0 saturated carbocycles. The Morgan fingerprint density at radius 3 is 2.10 bits per heavy atom. The number of benzene rings is 3. The molecule has 0 unspecified atom stereocenters. The van der Waals surface area contributed by atoms with E-state index in [4.69, 9.17) is 0 Å². The molecule has 1 aliphatic heterocycles. The van der Waals surface area contributed by atoms with Gasteiger partial charge in [0.15, 0.2) is 0 Å². The maximum atomic E-state index is 13.0. The summed E-state index contributed by atoms with van der Waals surface area (Å²) >= 11 is 3.43. The lowest BCUT2D eigenvalue weighted by Crippen LogP contribution is -2.31. The highest BCUT2D eigenvalue weighted by Crippen LogP contribution is 2.39. The molecule has 1 fully saturated rings. The molecule has 1 heterocycles. The van der Waals surface area contributed by atoms with Crippen LogP contribution < -0.4 is 0 Å². The number of nitrogens with zero attached hydrogens (tertiary/aromatic N) is 1. The molecule has 0 aliphatic carbocycles. The van der Waals surface area contributed by atoms with E-state index >= 15 is 0 Å². The van der Waals surface area contributed by atoms with Crippen molar-refractivity contribution in [3.8, 4) is 0 Å². The molecule has 150 valence electrons. The number of carbonyl (C=O) groups excluding carboxylic acids is 2. The molecule has 1 saturated heterocycles. The van der Waals surface area contributed by atoms with E-state index < -0.39 is 17.7 Å². The van der Waals surface area contributed by atoms with Crippen LogP contribution in [0.1, 0.15) is 22.7 Å². The predicted molar refractivity (Wildman–Crippen MR) is 120 cm³/mol. The van der Waals surface area contributed by atoms with Crippen LogP contribution in [0, 0.1) is 0 Å². The van der Waals surface area contributed by atoms with E-state index in [0.29, 0.717) is 18.5 Å². The number of aliphatic hydroxyl groups is 1. The van der Waals surface area contributed by atoms with Gasteiger partial charge in [0.1, 0.15) is 5.76 Å².